The first-order valence-electron chi connectivity index (χ1n) is 5.19. The Labute approximate surface area is 95.4 Å². The SMILES string of the molecule is COC(=O)CC(O)C/C=C/c1ccccc1. The van der Waals surface area contributed by atoms with Crippen LogP contribution >= 0.6 is 0 Å². The van der Waals surface area contributed by atoms with Crippen LogP contribution in [0, 0.1) is 0 Å². The summed E-state index contributed by atoms with van der Waals surface area (Å²) in [5.41, 5.74) is 1.08. The molecule has 1 atom stereocenters. The summed E-state index contributed by atoms with van der Waals surface area (Å²) in [6, 6.07) is 9.80. The Kier molecular flexibility index (Phi) is 5.29. The van der Waals surface area contributed by atoms with Gasteiger partial charge in [-0.15, -0.1) is 0 Å². The van der Waals surface area contributed by atoms with Gasteiger partial charge in [0.1, 0.15) is 0 Å². The topological polar surface area (TPSA) is 46.5 Å². The minimum atomic E-state index is -0.674. The number of hydrogen-bond donors (Lipinski definition) is 1. The average molecular weight is 220 g/mol. The van der Waals surface area contributed by atoms with Crippen LogP contribution in [-0.4, -0.2) is 24.3 Å². The maximum absolute atomic E-state index is 10.8. The minimum Gasteiger partial charge on any atom is -0.469 e. The third-order valence-corrected chi connectivity index (χ3v) is 2.15. The van der Waals surface area contributed by atoms with Gasteiger partial charge in [0, 0.05) is 0 Å². The van der Waals surface area contributed by atoms with Crippen molar-refractivity contribution in [2.45, 2.75) is 18.9 Å². The molecule has 1 aromatic carbocycles. The largest absolute Gasteiger partial charge is 0.469 e. The van der Waals surface area contributed by atoms with E-state index >= 15 is 0 Å². The molecule has 0 bridgehead atoms. The van der Waals surface area contributed by atoms with Crippen LogP contribution in [0.4, 0.5) is 0 Å². The van der Waals surface area contributed by atoms with Crippen LogP contribution in [0.15, 0.2) is 36.4 Å². The zero-order chi connectivity index (χ0) is 11.8. The summed E-state index contributed by atoms with van der Waals surface area (Å²) in [6.07, 6.45) is 3.58. The van der Waals surface area contributed by atoms with Gasteiger partial charge in [0.25, 0.3) is 0 Å². The van der Waals surface area contributed by atoms with Crippen LogP contribution in [0.5, 0.6) is 0 Å². The second-order valence-corrected chi connectivity index (χ2v) is 3.48. The van der Waals surface area contributed by atoms with Crippen LogP contribution in [0.25, 0.3) is 6.08 Å². The van der Waals surface area contributed by atoms with E-state index in [-0.39, 0.29) is 12.4 Å². The molecule has 0 amide bonds. The van der Waals surface area contributed by atoms with Gasteiger partial charge in [-0.2, -0.15) is 0 Å². The van der Waals surface area contributed by atoms with Crippen molar-refractivity contribution in [1.29, 1.82) is 0 Å². The molecule has 0 aliphatic carbocycles. The Hall–Kier alpha value is -1.61. The van der Waals surface area contributed by atoms with Gasteiger partial charge in [0.05, 0.1) is 19.6 Å². The molecule has 0 heterocycles. The standard InChI is InChI=1S/C13H16O3/c1-16-13(15)10-12(14)9-5-8-11-6-3-2-4-7-11/h2-8,12,14H,9-10H2,1H3/b8-5+. The molecule has 0 fully saturated rings. The Balaban J connectivity index is 2.34. The Bertz CT molecular complexity index is 343. The number of rotatable bonds is 5. The first-order chi connectivity index (χ1) is 7.72. The van der Waals surface area contributed by atoms with Crippen LogP contribution in [-0.2, 0) is 9.53 Å². The van der Waals surface area contributed by atoms with E-state index in [9.17, 15) is 9.90 Å². The first kappa shape index (κ1) is 12.5. The monoisotopic (exact) mass is 220 g/mol. The number of carbonyl (C=O) groups excluding carboxylic acids is 1. The van der Waals surface area contributed by atoms with E-state index in [0.29, 0.717) is 6.42 Å². The van der Waals surface area contributed by atoms with Gasteiger partial charge in [-0.25, -0.2) is 0 Å². The van der Waals surface area contributed by atoms with Crippen molar-refractivity contribution in [3.8, 4) is 0 Å². The molecule has 1 unspecified atom stereocenters. The average Bonchev–Trinajstić information content (AvgIpc) is 2.30. The van der Waals surface area contributed by atoms with E-state index in [1.54, 1.807) is 0 Å². The Morgan fingerprint density at radius 3 is 2.75 bits per heavy atom. The first-order valence-corrected chi connectivity index (χ1v) is 5.19. The van der Waals surface area contributed by atoms with Crippen molar-refractivity contribution in [2.24, 2.45) is 0 Å². The normalized spacial score (nSPS) is 12.6. The zero-order valence-electron chi connectivity index (χ0n) is 9.30. The summed E-state index contributed by atoms with van der Waals surface area (Å²) >= 11 is 0. The fourth-order valence-corrected chi connectivity index (χ4v) is 1.28. The lowest BCUT2D eigenvalue weighted by Gasteiger charge is -2.05. The Morgan fingerprint density at radius 1 is 1.44 bits per heavy atom. The molecule has 0 aromatic heterocycles. The molecular weight excluding hydrogens is 204 g/mol. The van der Waals surface area contributed by atoms with Gasteiger partial charge >= 0.3 is 5.97 Å². The fraction of sp³-hybridized carbons (Fsp3) is 0.308. The van der Waals surface area contributed by atoms with E-state index in [1.165, 1.54) is 7.11 Å². The van der Waals surface area contributed by atoms with Crippen molar-refractivity contribution >= 4 is 12.0 Å². The van der Waals surface area contributed by atoms with Gasteiger partial charge in [-0.1, -0.05) is 42.5 Å². The van der Waals surface area contributed by atoms with E-state index in [1.807, 2.05) is 42.5 Å². The molecule has 3 heteroatoms. The smallest absolute Gasteiger partial charge is 0.308 e. The van der Waals surface area contributed by atoms with Crippen molar-refractivity contribution in [3.05, 3.63) is 42.0 Å². The molecule has 86 valence electrons. The molecule has 0 saturated carbocycles. The highest BCUT2D eigenvalue weighted by molar-refractivity contribution is 5.69. The van der Waals surface area contributed by atoms with Gasteiger partial charge in [0.15, 0.2) is 0 Å². The molecule has 0 aliphatic heterocycles. The summed E-state index contributed by atoms with van der Waals surface area (Å²) in [6.45, 7) is 0. The summed E-state index contributed by atoms with van der Waals surface area (Å²) < 4.78 is 4.46. The molecule has 1 N–H and O–H groups in total. The molecule has 1 rings (SSSR count). The molecular formula is C13H16O3. The number of methoxy groups -OCH3 is 1. The van der Waals surface area contributed by atoms with E-state index in [2.05, 4.69) is 4.74 Å². The predicted molar refractivity (Wildman–Crippen MR) is 62.7 cm³/mol. The maximum atomic E-state index is 10.8. The van der Waals surface area contributed by atoms with Crippen LogP contribution in [0.3, 0.4) is 0 Å². The molecule has 0 saturated heterocycles. The van der Waals surface area contributed by atoms with Gasteiger partial charge < -0.3 is 9.84 Å². The zero-order valence-corrected chi connectivity index (χ0v) is 9.30. The number of hydrogen-bond acceptors (Lipinski definition) is 3. The lowest BCUT2D eigenvalue weighted by molar-refractivity contribution is -0.142. The van der Waals surface area contributed by atoms with Crippen LogP contribution in [0.2, 0.25) is 0 Å². The second-order valence-electron chi connectivity index (χ2n) is 3.48. The van der Waals surface area contributed by atoms with Crippen molar-refractivity contribution < 1.29 is 14.6 Å². The number of aliphatic hydroxyl groups excluding tert-OH is 1. The summed E-state index contributed by atoms with van der Waals surface area (Å²) in [4.78, 5) is 10.8. The van der Waals surface area contributed by atoms with Crippen molar-refractivity contribution in [2.75, 3.05) is 7.11 Å². The molecule has 1 aromatic rings. The van der Waals surface area contributed by atoms with Crippen LogP contribution in [0.1, 0.15) is 18.4 Å². The second kappa shape index (κ2) is 6.80. The number of benzene rings is 1. The maximum Gasteiger partial charge on any atom is 0.308 e. The molecule has 0 spiro atoms. The lowest BCUT2D eigenvalue weighted by Crippen LogP contribution is -2.13. The minimum absolute atomic E-state index is 0.0373. The number of aliphatic hydroxyl groups is 1. The van der Waals surface area contributed by atoms with E-state index < -0.39 is 6.10 Å². The van der Waals surface area contributed by atoms with Crippen molar-refractivity contribution in [3.63, 3.8) is 0 Å². The van der Waals surface area contributed by atoms with E-state index in [0.717, 1.165) is 5.56 Å². The molecule has 16 heavy (non-hydrogen) atoms. The third kappa shape index (κ3) is 4.75. The van der Waals surface area contributed by atoms with E-state index in [4.69, 9.17) is 0 Å². The predicted octanol–water partition coefficient (Wildman–Crippen LogP) is 2.01. The summed E-state index contributed by atoms with van der Waals surface area (Å²) in [7, 11) is 1.31. The Morgan fingerprint density at radius 2 is 2.12 bits per heavy atom. The molecule has 3 nitrogen and oxygen atoms in total. The quantitative estimate of drug-likeness (QED) is 0.772. The van der Waals surface area contributed by atoms with Gasteiger partial charge in [-0.05, 0) is 12.0 Å². The molecule has 0 radical (unpaired) electrons. The number of carbonyl (C=O) groups is 1. The highest BCUT2D eigenvalue weighted by Gasteiger charge is 2.08. The van der Waals surface area contributed by atoms with Gasteiger partial charge in [-0.3, -0.25) is 4.79 Å². The summed E-state index contributed by atoms with van der Waals surface area (Å²) in [5, 5.41) is 9.48. The third-order valence-electron chi connectivity index (χ3n) is 2.15. The van der Waals surface area contributed by atoms with Crippen LogP contribution < -0.4 is 0 Å². The summed E-state index contributed by atoms with van der Waals surface area (Å²) in [5.74, 6) is -0.388. The highest BCUT2D eigenvalue weighted by atomic mass is 16.5. The number of esters is 1. The van der Waals surface area contributed by atoms with Crippen molar-refractivity contribution in [1.82, 2.24) is 0 Å². The lowest BCUT2D eigenvalue weighted by atomic mass is 10.1. The fourth-order valence-electron chi connectivity index (χ4n) is 1.28. The molecule has 0 aliphatic rings. The number of ether oxygens (including phenoxy) is 1. The highest BCUT2D eigenvalue weighted by Crippen LogP contribution is 2.05. The van der Waals surface area contributed by atoms with Gasteiger partial charge in [0.2, 0.25) is 0 Å².